The molecule has 1 aliphatic rings. The minimum atomic E-state index is 0.323. The molecule has 1 saturated heterocycles. The average molecular weight is 262 g/mol. The van der Waals surface area contributed by atoms with Gasteiger partial charge in [0.15, 0.2) is 0 Å². The lowest BCUT2D eigenvalue weighted by Gasteiger charge is -2.35. The zero-order valence-corrected chi connectivity index (χ0v) is 11.6. The number of thiophene rings is 1. The standard InChI is InChI=1S/C13H18N4S/c1-8-5-17(4-3-10(8)14)13-12-11(15-7-16-13)9(2)6-18-12/h6-8,10H,3-5,14H2,1-2H3. The van der Waals surface area contributed by atoms with Crippen molar-refractivity contribution in [3.8, 4) is 0 Å². The van der Waals surface area contributed by atoms with E-state index in [0.29, 0.717) is 12.0 Å². The van der Waals surface area contributed by atoms with Gasteiger partial charge in [0.05, 0.1) is 10.2 Å². The number of aryl methyl sites for hydroxylation is 1. The lowest BCUT2D eigenvalue weighted by molar-refractivity contribution is 0.382. The predicted octanol–water partition coefficient (Wildman–Crippen LogP) is 2.17. The van der Waals surface area contributed by atoms with Gasteiger partial charge in [-0.05, 0) is 30.2 Å². The first-order valence-electron chi connectivity index (χ1n) is 6.36. The van der Waals surface area contributed by atoms with Crippen molar-refractivity contribution in [3.05, 3.63) is 17.3 Å². The summed E-state index contributed by atoms with van der Waals surface area (Å²) in [4.78, 5) is 11.2. The Bertz CT molecular complexity index is 565. The summed E-state index contributed by atoms with van der Waals surface area (Å²) in [5.74, 6) is 1.60. The first-order valence-corrected chi connectivity index (χ1v) is 7.24. The van der Waals surface area contributed by atoms with Gasteiger partial charge in [0.25, 0.3) is 0 Å². The number of nitrogens with two attached hydrogens (primary N) is 1. The van der Waals surface area contributed by atoms with E-state index in [1.165, 1.54) is 10.3 Å². The van der Waals surface area contributed by atoms with Crippen LogP contribution in [0, 0.1) is 12.8 Å². The van der Waals surface area contributed by atoms with Gasteiger partial charge in [-0.3, -0.25) is 0 Å². The number of aromatic nitrogens is 2. The highest BCUT2D eigenvalue weighted by molar-refractivity contribution is 7.18. The SMILES string of the molecule is Cc1csc2c(N3CCC(N)C(C)C3)ncnc12. The van der Waals surface area contributed by atoms with Crippen LogP contribution >= 0.6 is 11.3 Å². The molecule has 0 spiro atoms. The number of anilines is 1. The quantitative estimate of drug-likeness (QED) is 0.856. The van der Waals surface area contributed by atoms with Crippen LogP contribution in [0.25, 0.3) is 10.2 Å². The third-order valence-corrected chi connectivity index (χ3v) is 4.87. The molecule has 2 atom stereocenters. The summed E-state index contributed by atoms with van der Waals surface area (Å²) in [5, 5.41) is 2.15. The highest BCUT2D eigenvalue weighted by Crippen LogP contribution is 2.32. The highest BCUT2D eigenvalue weighted by atomic mass is 32.1. The van der Waals surface area contributed by atoms with Crippen LogP contribution in [0.15, 0.2) is 11.7 Å². The van der Waals surface area contributed by atoms with Gasteiger partial charge in [-0.1, -0.05) is 6.92 Å². The number of piperidine rings is 1. The van der Waals surface area contributed by atoms with Crippen molar-refractivity contribution in [2.75, 3.05) is 18.0 Å². The Hall–Kier alpha value is -1.20. The minimum absolute atomic E-state index is 0.323. The van der Waals surface area contributed by atoms with E-state index in [-0.39, 0.29) is 0 Å². The molecule has 0 radical (unpaired) electrons. The van der Waals surface area contributed by atoms with Gasteiger partial charge < -0.3 is 10.6 Å². The number of hydrogen-bond donors (Lipinski definition) is 1. The van der Waals surface area contributed by atoms with E-state index in [4.69, 9.17) is 5.73 Å². The summed E-state index contributed by atoms with van der Waals surface area (Å²) < 4.78 is 1.21. The van der Waals surface area contributed by atoms with Gasteiger partial charge >= 0.3 is 0 Å². The van der Waals surface area contributed by atoms with Gasteiger partial charge in [0, 0.05) is 19.1 Å². The van der Waals surface area contributed by atoms with Crippen LogP contribution in [0.3, 0.4) is 0 Å². The molecule has 0 aromatic carbocycles. The van der Waals surface area contributed by atoms with Crippen LogP contribution in [-0.2, 0) is 0 Å². The van der Waals surface area contributed by atoms with Crippen molar-refractivity contribution in [3.63, 3.8) is 0 Å². The summed E-state index contributed by atoms with van der Waals surface area (Å²) in [6.07, 6.45) is 2.72. The first-order chi connectivity index (χ1) is 8.66. The second-order valence-electron chi connectivity index (χ2n) is 5.17. The third-order valence-electron chi connectivity index (χ3n) is 3.78. The Labute approximate surface area is 111 Å². The summed E-state index contributed by atoms with van der Waals surface area (Å²) in [6, 6.07) is 0.323. The highest BCUT2D eigenvalue weighted by Gasteiger charge is 2.25. The topological polar surface area (TPSA) is 55.0 Å². The Morgan fingerprint density at radius 3 is 3.06 bits per heavy atom. The average Bonchev–Trinajstić information content (AvgIpc) is 2.75. The van der Waals surface area contributed by atoms with Crippen molar-refractivity contribution in [1.29, 1.82) is 0 Å². The van der Waals surface area contributed by atoms with Gasteiger partial charge in [0.2, 0.25) is 0 Å². The van der Waals surface area contributed by atoms with E-state index < -0.39 is 0 Å². The third kappa shape index (κ3) is 1.87. The number of fused-ring (bicyclic) bond motifs is 1. The first kappa shape index (κ1) is 11.9. The molecule has 2 aromatic heterocycles. The van der Waals surface area contributed by atoms with Gasteiger partial charge in [-0.2, -0.15) is 0 Å². The smallest absolute Gasteiger partial charge is 0.150 e. The van der Waals surface area contributed by atoms with Crippen molar-refractivity contribution >= 4 is 27.4 Å². The molecule has 0 bridgehead atoms. The van der Waals surface area contributed by atoms with E-state index in [1.807, 2.05) is 0 Å². The maximum absolute atomic E-state index is 6.08. The summed E-state index contributed by atoms with van der Waals surface area (Å²) >= 11 is 1.74. The van der Waals surface area contributed by atoms with Gasteiger partial charge in [-0.15, -0.1) is 11.3 Å². The molecule has 0 amide bonds. The van der Waals surface area contributed by atoms with Crippen molar-refractivity contribution in [2.24, 2.45) is 11.7 Å². The van der Waals surface area contributed by atoms with Crippen LogP contribution < -0.4 is 10.6 Å². The molecular weight excluding hydrogens is 244 g/mol. The molecule has 2 N–H and O–H groups in total. The van der Waals surface area contributed by atoms with Crippen LogP contribution in [0.4, 0.5) is 5.82 Å². The molecular formula is C13H18N4S. The fourth-order valence-corrected chi connectivity index (χ4v) is 3.56. The lowest BCUT2D eigenvalue weighted by Crippen LogP contribution is -2.46. The van der Waals surface area contributed by atoms with E-state index in [0.717, 1.165) is 30.8 Å². The van der Waals surface area contributed by atoms with Crippen molar-refractivity contribution in [2.45, 2.75) is 26.3 Å². The number of hydrogen-bond acceptors (Lipinski definition) is 5. The molecule has 96 valence electrons. The zero-order valence-electron chi connectivity index (χ0n) is 10.8. The zero-order chi connectivity index (χ0) is 12.7. The van der Waals surface area contributed by atoms with Crippen LogP contribution in [0.2, 0.25) is 0 Å². The van der Waals surface area contributed by atoms with Crippen molar-refractivity contribution < 1.29 is 0 Å². The molecule has 2 unspecified atom stereocenters. The Morgan fingerprint density at radius 1 is 1.44 bits per heavy atom. The normalized spacial score (nSPS) is 24.7. The molecule has 1 aliphatic heterocycles. The van der Waals surface area contributed by atoms with Crippen LogP contribution in [0.5, 0.6) is 0 Å². The van der Waals surface area contributed by atoms with Crippen molar-refractivity contribution in [1.82, 2.24) is 9.97 Å². The van der Waals surface area contributed by atoms with Gasteiger partial charge in [0.1, 0.15) is 12.1 Å². The molecule has 2 aromatic rings. The van der Waals surface area contributed by atoms with E-state index in [1.54, 1.807) is 17.7 Å². The summed E-state index contributed by atoms with van der Waals surface area (Å²) in [6.45, 7) is 6.30. The monoisotopic (exact) mass is 262 g/mol. The van der Waals surface area contributed by atoms with E-state index in [9.17, 15) is 0 Å². The number of rotatable bonds is 1. The fourth-order valence-electron chi connectivity index (χ4n) is 2.54. The van der Waals surface area contributed by atoms with E-state index >= 15 is 0 Å². The van der Waals surface area contributed by atoms with Crippen LogP contribution in [-0.4, -0.2) is 29.1 Å². The predicted molar refractivity (Wildman–Crippen MR) is 76.1 cm³/mol. The van der Waals surface area contributed by atoms with Gasteiger partial charge in [-0.25, -0.2) is 9.97 Å². The maximum atomic E-state index is 6.08. The van der Waals surface area contributed by atoms with Crippen LogP contribution in [0.1, 0.15) is 18.9 Å². The Balaban J connectivity index is 1.99. The summed E-state index contributed by atoms with van der Waals surface area (Å²) in [5.41, 5.74) is 8.41. The molecule has 1 fully saturated rings. The Kier molecular flexibility index (Phi) is 2.95. The second kappa shape index (κ2) is 4.48. The molecule has 0 saturated carbocycles. The Morgan fingerprint density at radius 2 is 2.28 bits per heavy atom. The second-order valence-corrected chi connectivity index (χ2v) is 6.05. The summed E-state index contributed by atoms with van der Waals surface area (Å²) in [7, 11) is 0. The molecule has 5 heteroatoms. The fraction of sp³-hybridized carbons (Fsp3) is 0.538. The minimum Gasteiger partial charge on any atom is -0.355 e. The maximum Gasteiger partial charge on any atom is 0.150 e. The molecule has 3 heterocycles. The van der Waals surface area contributed by atoms with E-state index in [2.05, 4.69) is 34.1 Å². The lowest BCUT2D eigenvalue weighted by atomic mass is 9.95. The molecule has 3 rings (SSSR count). The number of nitrogens with zero attached hydrogens (tertiary/aromatic N) is 3. The largest absolute Gasteiger partial charge is 0.355 e. The molecule has 18 heavy (non-hydrogen) atoms. The molecule has 4 nitrogen and oxygen atoms in total. The molecule has 0 aliphatic carbocycles.